The Morgan fingerprint density at radius 1 is 1.25 bits per heavy atom. The maximum Gasteiger partial charge on any atom is 0.0957 e. The van der Waals surface area contributed by atoms with Gasteiger partial charge in [-0.1, -0.05) is 26.2 Å². The van der Waals surface area contributed by atoms with E-state index in [9.17, 15) is 5.11 Å². The van der Waals surface area contributed by atoms with Crippen LogP contribution in [0.25, 0.3) is 0 Å². The molecule has 1 aromatic rings. The van der Waals surface area contributed by atoms with Crippen molar-refractivity contribution in [1.29, 1.82) is 0 Å². The highest BCUT2D eigenvalue weighted by atomic mass is 16.3. The van der Waals surface area contributed by atoms with Crippen molar-refractivity contribution in [3.05, 3.63) is 24.0 Å². The van der Waals surface area contributed by atoms with E-state index in [0.717, 1.165) is 24.0 Å². The van der Waals surface area contributed by atoms with Gasteiger partial charge in [0.15, 0.2) is 0 Å². The Kier molecular flexibility index (Phi) is 4.25. The van der Waals surface area contributed by atoms with Gasteiger partial charge in [-0.3, -0.25) is 4.98 Å². The molecule has 1 aliphatic heterocycles. The molecule has 0 amide bonds. The number of aliphatic hydroxyl groups is 1. The second-order valence-electron chi connectivity index (χ2n) is 6.40. The Bertz CT molecular complexity index is 431. The number of hydrogen-bond acceptors (Lipinski definition) is 3. The van der Waals surface area contributed by atoms with Crippen LogP contribution in [0.1, 0.15) is 57.2 Å². The summed E-state index contributed by atoms with van der Waals surface area (Å²) >= 11 is 0. The van der Waals surface area contributed by atoms with Crippen molar-refractivity contribution in [1.82, 2.24) is 4.98 Å². The van der Waals surface area contributed by atoms with Crippen LogP contribution in [0.2, 0.25) is 0 Å². The van der Waals surface area contributed by atoms with Gasteiger partial charge in [-0.2, -0.15) is 0 Å². The van der Waals surface area contributed by atoms with Gasteiger partial charge < -0.3 is 10.0 Å². The van der Waals surface area contributed by atoms with E-state index >= 15 is 0 Å². The molecule has 2 fully saturated rings. The summed E-state index contributed by atoms with van der Waals surface area (Å²) in [6.45, 7) is 4.34. The van der Waals surface area contributed by atoms with Gasteiger partial charge in [0.25, 0.3) is 0 Å². The highest BCUT2D eigenvalue weighted by Gasteiger charge is 2.31. The van der Waals surface area contributed by atoms with Crippen molar-refractivity contribution in [2.24, 2.45) is 11.8 Å². The molecule has 20 heavy (non-hydrogen) atoms. The van der Waals surface area contributed by atoms with Crippen molar-refractivity contribution < 1.29 is 5.11 Å². The number of piperidine rings is 1. The molecule has 0 radical (unpaired) electrons. The summed E-state index contributed by atoms with van der Waals surface area (Å²) in [5, 5.41) is 9.81. The molecule has 110 valence electrons. The van der Waals surface area contributed by atoms with Crippen molar-refractivity contribution in [3.63, 3.8) is 0 Å². The molecular formula is C17H26N2O. The number of fused-ring (bicyclic) bond motifs is 1. The number of anilines is 1. The first-order valence-electron chi connectivity index (χ1n) is 8.17. The lowest BCUT2D eigenvalue weighted by Crippen LogP contribution is -2.41. The Balaban J connectivity index is 1.67. The topological polar surface area (TPSA) is 36.4 Å². The lowest BCUT2D eigenvalue weighted by Gasteiger charge is -2.42. The van der Waals surface area contributed by atoms with Crippen LogP contribution in [0.5, 0.6) is 0 Å². The van der Waals surface area contributed by atoms with Gasteiger partial charge in [-0.05, 0) is 43.2 Å². The molecule has 3 atom stereocenters. The minimum atomic E-state index is -0.423. The summed E-state index contributed by atoms with van der Waals surface area (Å²) in [6, 6.07) is 4.11. The molecule has 1 saturated carbocycles. The van der Waals surface area contributed by atoms with E-state index in [4.69, 9.17) is 0 Å². The SMILES string of the molecule is CC[C@@H](O)c1ccc(N2CCC3CCCCC3C2)cn1. The highest BCUT2D eigenvalue weighted by molar-refractivity contribution is 5.45. The minimum absolute atomic E-state index is 0.423. The highest BCUT2D eigenvalue weighted by Crippen LogP contribution is 2.37. The lowest BCUT2D eigenvalue weighted by molar-refractivity contribution is 0.169. The smallest absolute Gasteiger partial charge is 0.0957 e. The molecule has 1 aromatic heterocycles. The number of hydrogen-bond donors (Lipinski definition) is 1. The van der Waals surface area contributed by atoms with Crippen LogP contribution in [0, 0.1) is 11.8 Å². The van der Waals surface area contributed by atoms with E-state index in [0.29, 0.717) is 0 Å². The lowest BCUT2D eigenvalue weighted by atomic mass is 9.75. The van der Waals surface area contributed by atoms with Crippen LogP contribution >= 0.6 is 0 Å². The second-order valence-corrected chi connectivity index (χ2v) is 6.40. The molecule has 1 N–H and O–H groups in total. The van der Waals surface area contributed by atoms with Gasteiger partial charge in [-0.15, -0.1) is 0 Å². The van der Waals surface area contributed by atoms with Gasteiger partial charge in [0.2, 0.25) is 0 Å². The average molecular weight is 274 g/mol. The Hall–Kier alpha value is -1.09. The summed E-state index contributed by atoms with van der Waals surface area (Å²) in [5.41, 5.74) is 2.02. The van der Waals surface area contributed by atoms with E-state index in [1.54, 1.807) is 0 Å². The number of rotatable bonds is 3. The summed E-state index contributed by atoms with van der Waals surface area (Å²) in [7, 11) is 0. The zero-order chi connectivity index (χ0) is 13.9. The van der Waals surface area contributed by atoms with E-state index in [2.05, 4.69) is 16.0 Å². The molecule has 1 aliphatic carbocycles. The fraction of sp³-hybridized carbons (Fsp3) is 0.706. The third kappa shape index (κ3) is 2.83. The van der Waals surface area contributed by atoms with Crippen LogP contribution in [-0.4, -0.2) is 23.2 Å². The first-order valence-corrected chi connectivity index (χ1v) is 8.17. The number of nitrogens with zero attached hydrogens (tertiary/aromatic N) is 2. The third-order valence-corrected chi connectivity index (χ3v) is 5.16. The van der Waals surface area contributed by atoms with E-state index in [-0.39, 0.29) is 0 Å². The summed E-state index contributed by atoms with van der Waals surface area (Å²) < 4.78 is 0. The monoisotopic (exact) mass is 274 g/mol. The maximum atomic E-state index is 9.81. The summed E-state index contributed by atoms with van der Waals surface area (Å²) in [5.74, 6) is 1.85. The van der Waals surface area contributed by atoms with Crippen molar-refractivity contribution in [2.45, 2.75) is 51.6 Å². The van der Waals surface area contributed by atoms with Crippen LogP contribution in [0.3, 0.4) is 0 Å². The first kappa shape index (κ1) is 13.9. The summed E-state index contributed by atoms with van der Waals surface area (Å²) in [4.78, 5) is 6.92. The quantitative estimate of drug-likeness (QED) is 0.916. The normalized spacial score (nSPS) is 28.0. The van der Waals surface area contributed by atoms with Crippen LogP contribution < -0.4 is 4.90 Å². The number of pyridine rings is 1. The molecule has 3 rings (SSSR count). The van der Waals surface area contributed by atoms with E-state index in [1.165, 1.54) is 50.9 Å². The average Bonchev–Trinajstić information content (AvgIpc) is 2.54. The maximum absolute atomic E-state index is 9.81. The van der Waals surface area contributed by atoms with Crippen LogP contribution in [0.15, 0.2) is 18.3 Å². The molecule has 0 bridgehead atoms. The van der Waals surface area contributed by atoms with E-state index < -0.39 is 6.10 Å². The van der Waals surface area contributed by atoms with Crippen molar-refractivity contribution in [3.8, 4) is 0 Å². The minimum Gasteiger partial charge on any atom is -0.387 e. The molecule has 0 spiro atoms. The van der Waals surface area contributed by atoms with Gasteiger partial charge in [0.1, 0.15) is 0 Å². The van der Waals surface area contributed by atoms with E-state index in [1.807, 2.05) is 19.2 Å². The first-order chi connectivity index (χ1) is 9.78. The van der Waals surface area contributed by atoms with Gasteiger partial charge in [-0.25, -0.2) is 0 Å². The predicted molar refractivity (Wildman–Crippen MR) is 81.8 cm³/mol. The fourth-order valence-electron chi connectivity index (χ4n) is 3.83. The zero-order valence-corrected chi connectivity index (χ0v) is 12.5. The Labute approximate surface area is 122 Å². The molecular weight excluding hydrogens is 248 g/mol. The molecule has 3 heteroatoms. The van der Waals surface area contributed by atoms with Gasteiger partial charge in [0.05, 0.1) is 23.7 Å². The van der Waals surface area contributed by atoms with Crippen LogP contribution in [0.4, 0.5) is 5.69 Å². The molecule has 2 unspecified atom stereocenters. The molecule has 0 aromatic carbocycles. The van der Waals surface area contributed by atoms with Crippen molar-refractivity contribution in [2.75, 3.05) is 18.0 Å². The molecule has 3 nitrogen and oxygen atoms in total. The van der Waals surface area contributed by atoms with Gasteiger partial charge in [0, 0.05) is 13.1 Å². The standard InChI is InChI=1S/C17H26N2O/c1-2-17(20)16-8-7-15(11-18-16)19-10-9-13-5-3-4-6-14(13)12-19/h7-8,11,13-14,17,20H,2-6,9-10,12H2,1H3/t13?,14?,17-/m1/s1. The Morgan fingerprint density at radius 2 is 2.05 bits per heavy atom. The van der Waals surface area contributed by atoms with Gasteiger partial charge >= 0.3 is 0 Å². The predicted octanol–water partition coefficient (Wildman–Crippen LogP) is 3.54. The molecule has 2 aliphatic rings. The third-order valence-electron chi connectivity index (χ3n) is 5.16. The summed E-state index contributed by atoms with van der Waals surface area (Å²) in [6.07, 6.45) is 9.27. The molecule has 1 saturated heterocycles. The number of aromatic nitrogens is 1. The van der Waals surface area contributed by atoms with Crippen LogP contribution in [-0.2, 0) is 0 Å². The van der Waals surface area contributed by atoms with Crippen molar-refractivity contribution >= 4 is 5.69 Å². The zero-order valence-electron chi connectivity index (χ0n) is 12.5. The fourth-order valence-corrected chi connectivity index (χ4v) is 3.83. The Morgan fingerprint density at radius 3 is 2.75 bits per heavy atom. The largest absolute Gasteiger partial charge is 0.387 e. The molecule has 2 heterocycles. The second kappa shape index (κ2) is 6.13. The number of aliphatic hydroxyl groups excluding tert-OH is 1.